The van der Waals surface area contributed by atoms with Gasteiger partial charge in [0, 0.05) is 6.42 Å². The maximum absolute atomic E-state index is 11.1. The monoisotopic (exact) mass is 452 g/mol. The first-order valence-corrected chi connectivity index (χ1v) is 12.9. The first-order valence-electron chi connectivity index (χ1n) is 12.9. The minimum absolute atomic E-state index is 0.148. The lowest BCUT2D eigenvalue weighted by Gasteiger charge is -2.15. The number of ether oxygens (including phenoxy) is 2. The zero-order chi connectivity index (χ0) is 24.5. The Kier molecular flexibility index (Phi) is 24.5. The van der Waals surface area contributed by atoms with E-state index in [4.69, 9.17) is 4.74 Å². The molecule has 4 nitrogen and oxygen atoms in total. The van der Waals surface area contributed by atoms with Crippen LogP contribution in [0.4, 0.5) is 0 Å². The van der Waals surface area contributed by atoms with Crippen LogP contribution in [0.15, 0.2) is 25.5 Å². The second-order valence-electron chi connectivity index (χ2n) is 9.49. The van der Waals surface area contributed by atoms with E-state index in [0.29, 0.717) is 13.0 Å². The molecule has 0 saturated heterocycles. The highest BCUT2D eigenvalue weighted by Crippen LogP contribution is 2.15. The van der Waals surface area contributed by atoms with Crippen molar-refractivity contribution in [2.24, 2.45) is 5.41 Å². The summed E-state index contributed by atoms with van der Waals surface area (Å²) in [6, 6.07) is 0. The third kappa shape index (κ3) is 26.5. The predicted molar refractivity (Wildman–Crippen MR) is 136 cm³/mol. The average Bonchev–Trinajstić information content (AvgIpc) is 2.74. The van der Waals surface area contributed by atoms with Crippen LogP contribution in [-0.2, 0) is 19.1 Å². The zero-order valence-electron chi connectivity index (χ0n) is 21.7. The van der Waals surface area contributed by atoms with E-state index >= 15 is 0 Å². The molecule has 0 aliphatic rings. The molecule has 0 saturated carbocycles. The van der Waals surface area contributed by atoms with Crippen molar-refractivity contribution in [1.82, 2.24) is 0 Å². The van der Waals surface area contributed by atoms with Crippen LogP contribution in [0.1, 0.15) is 130 Å². The third-order valence-corrected chi connectivity index (χ3v) is 5.14. The first kappa shape index (κ1) is 32.6. The van der Waals surface area contributed by atoms with Gasteiger partial charge in [-0.05, 0) is 27.2 Å². The molecule has 188 valence electrons. The summed E-state index contributed by atoms with van der Waals surface area (Å²) in [7, 11) is 0. The van der Waals surface area contributed by atoms with Crippen molar-refractivity contribution < 1.29 is 19.1 Å². The van der Waals surface area contributed by atoms with Gasteiger partial charge in [-0.25, -0.2) is 0 Å². The van der Waals surface area contributed by atoms with Gasteiger partial charge in [-0.3, -0.25) is 9.59 Å². The van der Waals surface area contributed by atoms with Crippen molar-refractivity contribution in [3.63, 3.8) is 0 Å². The Bertz CT molecular complexity index is 463. The van der Waals surface area contributed by atoms with Gasteiger partial charge in [-0.15, -0.1) is 0 Å². The highest BCUT2D eigenvalue weighted by Gasteiger charge is 2.22. The quantitative estimate of drug-likeness (QED) is 0.0851. The van der Waals surface area contributed by atoms with Crippen molar-refractivity contribution in [2.75, 3.05) is 6.61 Å². The summed E-state index contributed by atoms with van der Waals surface area (Å²) in [5.41, 5.74) is -0.400. The molecule has 0 heterocycles. The van der Waals surface area contributed by atoms with E-state index in [-0.39, 0.29) is 11.9 Å². The summed E-state index contributed by atoms with van der Waals surface area (Å²) in [4.78, 5) is 22.0. The summed E-state index contributed by atoms with van der Waals surface area (Å²) >= 11 is 0. The molecule has 0 atom stereocenters. The fraction of sp³-hybridized carbons (Fsp3) is 0.786. The lowest BCUT2D eigenvalue weighted by molar-refractivity contribution is -0.151. The molecule has 0 N–H and O–H groups in total. The average molecular weight is 453 g/mol. The Labute approximate surface area is 199 Å². The SMILES string of the molecule is C=CCOC(=O)C(C)(C)C.C=COC(=O)CCCCCCCCCCCCCCCCC. The molecule has 0 fully saturated rings. The number of unbranched alkanes of at least 4 members (excludes halogenated alkanes) is 14. The molecule has 4 heteroatoms. The predicted octanol–water partition coefficient (Wildman–Crippen LogP) is 8.70. The molecule has 0 unspecified atom stereocenters. The van der Waals surface area contributed by atoms with Crippen LogP contribution in [-0.4, -0.2) is 18.5 Å². The Balaban J connectivity index is 0. The van der Waals surface area contributed by atoms with Crippen LogP contribution in [0.5, 0.6) is 0 Å². The van der Waals surface area contributed by atoms with Crippen LogP contribution in [0.2, 0.25) is 0 Å². The van der Waals surface area contributed by atoms with Gasteiger partial charge in [0.25, 0.3) is 0 Å². The van der Waals surface area contributed by atoms with Crippen LogP contribution in [0.25, 0.3) is 0 Å². The smallest absolute Gasteiger partial charge is 0.311 e. The van der Waals surface area contributed by atoms with Crippen LogP contribution in [0.3, 0.4) is 0 Å². The van der Waals surface area contributed by atoms with Gasteiger partial charge in [-0.2, -0.15) is 0 Å². The number of carbonyl (C=O) groups excluding carboxylic acids is 2. The van der Waals surface area contributed by atoms with Gasteiger partial charge < -0.3 is 9.47 Å². The lowest BCUT2D eigenvalue weighted by atomic mass is 9.97. The van der Waals surface area contributed by atoms with Gasteiger partial charge in [-0.1, -0.05) is 116 Å². The highest BCUT2D eigenvalue weighted by molar-refractivity contribution is 5.75. The summed E-state index contributed by atoms with van der Waals surface area (Å²) in [6.07, 6.45) is 23.5. The number of rotatable bonds is 19. The van der Waals surface area contributed by atoms with Crippen molar-refractivity contribution in [3.8, 4) is 0 Å². The molecule has 0 spiro atoms. The van der Waals surface area contributed by atoms with E-state index in [9.17, 15) is 9.59 Å². The number of carbonyl (C=O) groups is 2. The van der Waals surface area contributed by atoms with Crippen molar-refractivity contribution in [3.05, 3.63) is 25.5 Å². The van der Waals surface area contributed by atoms with Gasteiger partial charge in [0.1, 0.15) is 6.61 Å². The van der Waals surface area contributed by atoms with E-state index in [0.717, 1.165) is 12.8 Å². The minimum Gasteiger partial charge on any atom is -0.461 e. The maximum atomic E-state index is 11.1. The van der Waals surface area contributed by atoms with E-state index in [1.54, 1.807) is 6.08 Å². The van der Waals surface area contributed by atoms with Crippen LogP contribution in [0, 0.1) is 5.41 Å². The van der Waals surface area contributed by atoms with E-state index in [2.05, 4.69) is 24.8 Å². The summed E-state index contributed by atoms with van der Waals surface area (Å²) in [6.45, 7) is 14.8. The number of hydrogen-bond donors (Lipinski definition) is 0. The molecule has 0 aromatic carbocycles. The van der Waals surface area contributed by atoms with Crippen molar-refractivity contribution in [1.29, 1.82) is 0 Å². The molecule has 0 radical (unpaired) electrons. The van der Waals surface area contributed by atoms with Crippen LogP contribution < -0.4 is 0 Å². The topological polar surface area (TPSA) is 52.6 Å². The molecule has 0 aromatic rings. The van der Waals surface area contributed by atoms with Crippen molar-refractivity contribution >= 4 is 11.9 Å². The Morgan fingerprint density at radius 3 is 1.47 bits per heavy atom. The normalized spacial score (nSPS) is 10.6. The molecule has 0 aromatic heterocycles. The lowest BCUT2D eigenvalue weighted by Crippen LogP contribution is -2.22. The molecule has 32 heavy (non-hydrogen) atoms. The molecule has 0 aliphatic heterocycles. The summed E-state index contributed by atoms with van der Waals surface area (Å²) in [5.74, 6) is -0.336. The van der Waals surface area contributed by atoms with Gasteiger partial charge >= 0.3 is 11.9 Å². The molecular weight excluding hydrogens is 400 g/mol. The standard InChI is InChI=1S/C20H38O2.C8H14O2/c1-3-5-6-7-8-9-10-11-12-13-14-15-16-17-18-19-20(21)22-4-2;1-5-6-10-7(9)8(2,3)4/h4H,2-3,5-19H2,1H3;5H,1,6H2,2-4H3. The minimum atomic E-state index is -0.400. The highest BCUT2D eigenvalue weighted by atomic mass is 16.5. The maximum Gasteiger partial charge on any atom is 0.311 e. The molecule has 0 rings (SSSR count). The van der Waals surface area contributed by atoms with Gasteiger partial charge in [0.15, 0.2) is 0 Å². The molecule has 0 bridgehead atoms. The Hall–Kier alpha value is -1.58. The summed E-state index contributed by atoms with van der Waals surface area (Å²) in [5, 5.41) is 0. The van der Waals surface area contributed by atoms with Crippen LogP contribution >= 0.6 is 0 Å². The number of esters is 2. The van der Waals surface area contributed by atoms with E-state index in [1.165, 1.54) is 89.7 Å². The fourth-order valence-electron chi connectivity index (χ4n) is 3.14. The molecule has 0 aliphatic carbocycles. The second kappa shape index (κ2) is 24.1. The summed E-state index contributed by atoms with van der Waals surface area (Å²) < 4.78 is 9.48. The Morgan fingerprint density at radius 1 is 0.719 bits per heavy atom. The fourth-order valence-corrected chi connectivity index (χ4v) is 3.14. The molecular formula is C28H52O4. The van der Waals surface area contributed by atoms with Gasteiger partial charge in [0.2, 0.25) is 0 Å². The third-order valence-electron chi connectivity index (χ3n) is 5.14. The largest absolute Gasteiger partial charge is 0.461 e. The zero-order valence-corrected chi connectivity index (χ0v) is 21.7. The number of hydrogen-bond acceptors (Lipinski definition) is 4. The van der Waals surface area contributed by atoms with Gasteiger partial charge in [0.05, 0.1) is 11.7 Å². The second-order valence-corrected chi connectivity index (χ2v) is 9.49. The van der Waals surface area contributed by atoms with E-state index in [1.807, 2.05) is 20.8 Å². The molecule has 0 amide bonds. The van der Waals surface area contributed by atoms with E-state index < -0.39 is 5.41 Å². The van der Waals surface area contributed by atoms with Crippen molar-refractivity contribution in [2.45, 2.75) is 130 Å². The Morgan fingerprint density at radius 2 is 1.12 bits per heavy atom. The first-order chi connectivity index (χ1) is 15.3.